The number of benzene rings is 1. The van der Waals surface area contributed by atoms with Crippen LogP contribution in [0.25, 0.3) is 0 Å². The SMILES string of the molecule is CCC(=O)Nc1ccc(C)c(NC(=O)CCc2c(C)nc(N3CCOCC3)[nH]c2=O)c1. The number of hydrogen-bond donors (Lipinski definition) is 3. The van der Waals surface area contributed by atoms with E-state index >= 15 is 0 Å². The molecule has 0 unspecified atom stereocenters. The van der Waals surface area contributed by atoms with Crippen molar-refractivity contribution in [1.82, 2.24) is 9.97 Å². The van der Waals surface area contributed by atoms with Crippen molar-refractivity contribution in [3.05, 3.63) is 45.4 Å². The topological polar surface area (TPSA) is 116 Å². The van der Waals surface area contributed by atoms with E-state index in [4.69, 9.17) is 4.74 Å². The van der Waals surface area contributed by atoms with Crippen molar-refractivity contribution >= 4 is 29.1 Å². The average Bonchev–Trinajstić information content (AvgIpc) is 2.76. The summed E-state index contributed by atoms with van der Waals surface area (Å²) in [6.45, 7) is 8.02. The fourth-order valence-corrected chi connectivity index (χ4v) is 3.35. The first-order chi connectivity index (χ1) is 14.9. The third kappa shape index (κ3) is 5.91. The summed E-state index contributed by atoms with van der Waals surface area (Å²) in [6, 6.07) is 5.37. The van der Waals surface area contributed by atoms with Crippen LogP contribution in [0, 0.1) is 13.8 Å². The van der Waals surface area contributed by atoms with Crippen LogP contribution in [0.5, 0.6) is 0 Å². The van der Waals surface area contributed by atoms with Crippen molar-refractivity contribution in [1.29, 1.82) is 0 Å². The second-order valence-electron chi connectivity index (χ2n) is 7.53. The summed E-state index contributed by atoms with van der Waals surface area (Å²) in [7, 11) is 0. The van der Waals surface area contributed by atoms with Crippen LogP contribution >= 0.6 is 0 Å². The number of H-pyrrole nitrogens is 1. The molecule has 3 N–H and O–H groups in total. The minimum Gasteiger partial charge on any atom is -0.378 e. The molecule has 31 heavy (non-hydrogen) atoms. The Morgan fingerprint density at radius 3 is 2.58 bits per heavy atom. The molecule has 0 aliphatic carbocycles. The van der Waals surface area contributed by atoms with Crippen molar-refractivity contribution in [3.63, 3.8) is 0 Å². The van der Waals surface area contributed by atoms with Gasteiger partial charge < -0.3 is 20.3 Å². The molecule has 1 aromatic heterocycles. The third-order valence-corrected chi connectivity index (χ3v) is 5.24. The van der Waals surface area contributed by atoms with Gasteiger partial charge in [0.1, 0.15) is 0 Å². The summed E-state index contributed by atoms with van der Waals surface area (Å²) in [5.41, 5.74) is 3.05. The normalized spacial score (nSPS) is 13.7. The fraction of sp³-hybridized carbons (Fsp3) is 0.455. The monoisotopic (exact) mass is 427 g/mol. The van der Waals surface area contributed by atoms with Crippen molar-refractivity contribution in [3.8, 4) is 0 Å². The number of nitrogens with zero attached hydrogens (tertiary/aromatic N) is 2. The number of ether oxygens (including phenoxy) is 1. The first-order valence-corrected chi connectivity index (χ1v) is 10.5. The number of carbonyl (C=O) groups excluding carboxylic acids is 2. The minimum atomic E-state index is -0.220. The number of carbonyl (C=O) groups is 2. The summed E-state index contributed by atoms with van der Waals surface area (Å²) in [5, 5.41) is 5.65. The summed E-state index contributed by atoms with van der Waals surface area (Å²) in [4.78, 5) is 46.0. The van der Waals surface area contributed by atoms with Crippen molar-refractivity contribution in [2.24, 2.45) is 0 Å². The van der Waals surface area contributed by atoms with Crippen molar-refractivity contribution in [2.75, 3.05) is 41.8 Å². The van der Waals surface area contributed by atoms with Crippen LogP contribution in [-0.2, 0) is 20.7 Å². The predicted molar refractivity (Wildman–Crippen MR) is 120 cm³/mol. The molecule has 0 atom stereocenters. The van der Waals surface area contributed by atoms with Gasteiger partial charge >= 0.3 is 0 Å². The zero-order valence-corrected chi connectivity index (χ0v) is 18.2. The van der Waals surface area contributed by atoms with Gasteiger partial charge in [-0.1, -0.05) is 13.0 Å². The van der Waals surface area contributed by atoms with Crippen molar-refractivity contribution < 1.29 is 14.3 Å². The van der Waals surface area contributed by atoms with E-state index in [1.165, 1.54) is 0 Å². The standard InChI is InChI=1S/C22H29N5O4/c1-4-19(28)24-16-6-5-14(2)18(13-16)25-20(29)8-7-17-15(3)23-22(26-21(17)30)27-9-11-31-12-10-27/h5-6,13H,4,7-12H2,1-3H3,(H,24,28)(H,25,29)(H,23,26,30). The smallest absolute Gasteiger partial charge is 0.255 e. The van der Waals surface area contributed by atoms with Crippen LogP contribution in [0.15, 0.2) is 23.0 Å². The number of aryl methyl sites for hydroxylation is 2. The Labute approximate surface area is 181 Å². The molecule has 1 fully saturated rings. The van der Waals surface area contributed by atoms with Gasteiger partial charge in [0.05, 0.1) is 13.2 Å². The Balaban J connectivity index is 1.64. The largest absolute Gasteiger partial charge is 0.378 e. The Kier molecular flexibility index (Phi) is 7.41. The molecule has 2 heterocycles. The van der Waals surface area contributed by atoms with Gasteiger partial charge in [-0.25, -0.2) is 4.98 Å². The maximum absolute atomic E-state index is 12.6. The molecular formula is C22H29N5O4. The van der Waals surface area contributed by atoms with E-state index in [0.29, 0.717) is 61.3 Å². The molecule has 9 heteroatoms. The van der Waals surface area contributed by atoms with Gasteiger partial charge in [0.15, 0.2) is 0 Å². The van der Waals surface area contributed by atoms with Crippen molar-refractivity contribution in [2.45, 2.75) is 40.0 Å². The maximum atomic E-state index is 12.6. The number of aromatic amines is 1. The molecule has 1 aromatic carbocycles. The number of amides is 2. The number of anilines is 3. The lowest BCUT2D eigenvalue weighted by Gasteiger charge is -2.27. The number of aromatic nitrogens is 2. The Bertz CT molecular complexity index is 1010. The molecule has 1 aliphatic heterocycles. The second kappa shape index (κ2) is 10.2. The highest BCUT2D eigenvalue weighted by Gasteiger charge is 2.17. The molecule has 9 nitrogen and oxygen atoms in total. The van der Waals surface area contributed by atoms with Crippen LogP contribution in [0.1, 0.15) is 36.6 Å². The molecule has 0 bridgehead atoms. The van der Waals surface area contributed by atoms with Gasteiger partial charge in [-0.2, -0.15) is 0 Å². The quantitative estimate of drug-likeness (QED) is 0.623. The molecule has 2 aromatic rings. The first-order valence-electron chi connectivity index (χ1n) is 10.5. The van der Waals surface area contributed by atoms with Gasteiger partial charge in [0, 0.05) is 48.6 Å². The zero-order chi connectivity index (χ0) is 22.4. The van der Waals surface area contributed by atoms with Crippen LogP contribution < -0.4 is 21.1 Å². The highest BCUT2D eigenvalue weighted by molar-refractivity contribution is 5.94. The number of morpholine rings is 1. The highest BCUT2D eigenvalue weighted by atomic mass is 16.5. The van der Waals surface area contributed by atoms with Crippen LogP contribution in [0.2, 0.25) is 0 Å². The Morgan fingerprint density at radius 2 is 1.90 bits per heavy atom. The van der Waals surface area contributed by atoms with E-state index < -0.39 is 0 Å². The predicted octanol–water partition coefficient (Wildman–Crippen LogP) is 2.14. The van der Waals surface area contributed by atoms with Crippen LogP contribution in [0.3, 0.4) is 0 Å². The van der Waals surface area contributed by atoms with Gasteiger partial charge in [-0.3, -0.25) is 19.4 Å². The molecule has 1 saturated heterocycles. The van der Waals surface area contributed by atoms with E-state index in [-0.39, 0.29) is 30.2 Å². The van der Waals surface area contributed by atoms with Gasteiger partial charge in [-0.05, 0) is 38.0 Å². The Morgan fingerprint density at radius 1 is 1.16 bits per heavy atom. The lowest BCUT2D eigenvalue weighted by molar-refractivity contribution is -0.116. The van der Waals surface area contributed by atoms with E-state index in [0.717, 1.165) is 5.56 Å². The molecule has 0 spiro atoms. The lowest BCUT2D eigenvalue weighted by atomic mass is 10.1. The molecule has 166 valence electrons. The average molecular weight is 428 g/mol. The number of nitrogens with one attached hydrogen (secondary N) is 3. The van der Waals surface area contributed by atoms with E-state index in [1.54, 1.807) is 26.0 Å². The molecule has 0 radical (unpaired) electrons. The minimum absolute atomic E-state index is 0.0937. The molecule has 1 aliphatic rings. The summed E-state index contributed by atoms with van der Waals surface area (Å²) < 4.78 is 5.33. The highest BCUT2D eigenvalue weighted by Crippen LogP contribution is 2.21. The van der Waals surface area contributed by atoms with E-state index in [9.17, 15) is 14.4 Å². The van der Waals surface area contributed by atoms with E-state index in [2.05, 4.69) is 20.6 Å². The van der Waals surface area contributed by atoms with Gasteiger partial charge in [-0.15, -0.1) is 0 Å². The first kappa shape index (κ1) is 22.5. The van der Waals surface area contributed by atoms with E-state index in [1.807, 2.05) is 17.9 Å². The number of hydrogen-bond acceptors (Lipinski definition) is 6. The zero-order valence-electron chi connectivity index (χ0n) is 18.2. The fourth-order valence-electron chi connectivity index (χ4n) is 3.35. The number of rotatable bonds is 7. The molecule has 3 rings (SSSR count). The molecule has 0 saturated carbocycles. The van der Waals surface area contributed by atoms with Crippen LogP contribution in [0.4, 0.5) is 17.3 Å². The molecule has 2 amide bonds. The second-order valence-corrected chi connectivity index (χ2v) is 7.53. The maximum Gasteiger partial charge on any atom is 0.255 e. The summed E-state index contributed by atoms with van der Waals surface area (Å²) >= 11 is 0. The van der Waals surface area contributed by atoms with Gasteiger partial charge in [0.25, 0.3) is 5.56 Å². The molecular weight excluding hydrogens is 398 g/mol. The van der Waals surface area contributed by atoms with Crippen LogP contribution in [-0.4, -0.2) is 48.1 Å². The summed E-state index contributed by atoms with van der Waals surface area (Å²) in [6.07, 6.45) is 0.810. The lowest BCUT2D eigenvalue weighted by Crippen LogP contribution is -2.38. The Hall–Kier alpha value is -3.20. The summed E-state index contributed by atoms with van der Waals surface area (Å²) in [5.74, 6) is 0.238. The third-order valence-electron chi connectivity index (χ3n) is 5.24. The van der Waals surface area contributed by atoms with Gasteiger partial charge in [0.2, 0.25) is 17.8 Å².